The minimum Gasteiger partial charge on any atom is -0.395 e. The second-order valence-corrected chi connectivity index (χ2v) is 5.14. The van der Waals surface area contributed by atoms with Crippen LogP contribution in [0.4, 0.5) is 11.8 Å². The van der Waals surface area contributed by atoms with Gasteiger partial charge < -0.3 is 10.4 Å². The molecule has 0 saturated carbocycles. The standard InChI is InChI=1S/C10H17N7OS/c1-5(7(4-18)19-2)13-8-6-3-12-17-9(6)15-10(14-8)16-11/h3,5,7,18H,4,11H2,1-2H3,(H3,12,13,14,15,16,17). The molecule has 0 bridgehead atoms. The van der Waals surface area contributed by atoms with Crippen LogP contribution in [0.2, 0.25) is 0 Å². The molecule has 0 amide bonds. The Labute approximate surface area is 114 Å². The van der Waals surface area contributed by atoms with Crippen LogP contribution < -0.4 is 16.6 Å². The van der Waals surface area contributed by atoms with E-state index in [1.54, 1.807) is 18.0 Å². The van der Waals surface area contributed by atoms with E-state index in [-0.39, 0.29) is 17.9 Å². The molecule has 0 fully saturated rings. The van der Waals surface area contributed by atoms with Crippen LogP contribution in [0.3, 0.4) is 0 Å². The molecule has 2 rings (SSSR count). The van der Waals surface area contributed by atoms with Gasteiger partial charge in [0.1, 0.15) is 5.82 Å². The number of hydrazine groups is 1. The maximum atomic E-state index is 9.30. The lowest BCUT2D eigenvalue weighted by Gasteiger charge is -2.22. The molecule has 104 valence electrons. The Balaban J connectivity index is 2.30. The highest BCUT2D eigenvalue weighted by molar-refractivity contribution is 7.99. The lowest BCUT2D eigenvalue weighted by atomic mass is 10.2. The first-order chi connectivity index (χ1) is 9.19. The Kier molecular flexibility index (Phi) is 4.40. The Morgan fingerprint density at radius 2 is 2.32 bits per heavy atom. The van der Waals surface area contributed by atoms with Crippen molar-refractivity contribution >= 4 is 34.6 Å². The third-order valence-electron chi connectivity index (χ3n) is 2.84. The molecule has 2 unspecified atom stereocenters. The smallest absolute Gasteiger partial charge is 0.241 e. The summed E-state index contributed by atoms with van der Waals surface area (Å²) >= 11 is 1.60. The van der Waals surface area contributed by atoms with Crippen LogP contribution in [0.5, 0.6) is 0 Å². The number of aliphatic hydroxyl groups excluding tert-OH is 1. The molecule has 0 saturated heterocycles. The van der Waals surface area contributed by atoms with Gasteiger partial charge in [-0.25, -0.2) is 5.84 Å². The van der Waals surface area contributed by atoms with Crippen LogP contribution in [-0.2, 0) is 0 Å². The zero-order valence-electron chi connectivity index (χ0n) is 10.7. The van der Waals surface area contributed by atoms with Gasteiger partial charge in [-0.05, 0) is 13.2 Å². The molecule has 0 radical (unpaired) electrons. The van der Waals surface area contributed by atoms with Crippen LogP contribution in [0.15, 0.2) is 6.20 Å². The Morgan fingerprint density at radius 3 is 2.95 bits per heavy atom. The van der Waals surface area contributed by atoms with Crippen LogP contribution in [0, 0.1) is 0 Å². The van der Waals surface area contributed by atoms with Crippen LogP contribution >= 0.6 is 11.8 Å². The van der Waals surface area contributed by atoms with Gasteiger partial charge in [-0.15, -0.1) is 0 Å². The summed E-state index contributed by atoms with van der Waals surface area (Å²) in [6.45, 7) is 2.08. The van der Waals surface area contributed by atoms with Crippen molar-refractivity contribution in [2.45, 2.75) is 18.2 Å². The van der Waals surface area contributed by atoms with E-state index in [1.165, 1.54) is 0 Å². The Hall–Kier alpha value is -1.58. The number of rotatable bonds is 6. The number of hydrogen-bond acceptors (Lipinski definition) is 8. The van der Waals surface area contributed by atoms with Crippen LogP contribution in [0.25, 0.3) is 11.0 Å². The van der Waals surface area contributed by atoms with Gasteiger partial charge in [0.05, 0.1) is 18.2 Å². The van der Waals surface area contributed by atoms with Crippen molar-refractivity contribution in [1.29, 1.82) is 0 Å². The zero-order valence-corrected chi connectivity index (χ0v) is 11.5. The molecular weight excluding hydrogens is 266 g/mol. The van der Waals surface area contributed by atoms with Crippen molar-refractivity contribution in [3.05, 3.63) is 6.20 Å². The summed E-state index contributed by atoms with van der Waals surface area (Å²) in [7, 11) is 0. The van der Waals surface area contributed by atoms with Crippen molar-refractivity contribution in [1.82, 2.24) is 20.2 Å². The number of thioether (sulfide) groups is 1. The van der Waals surface area contributed by atoms with E-state index in [0.717, 1.165) is 5.39 Å². The van der Waals surface area contributed by atoms with Crippen molar-refractivity contribution in [2.24, 2.45) is 5.84 Å². The molecule has 0 aromatic carbocycles. The van der Waals surface area contributed by atoms with Crippen molar-refractivity contribution in [2.75, 3.05) is 23.6 Å². The van der Waals surface area contributed by atoms with Gasteiger partial charge in [0.25, 0.3) is 0 Å². The van der Waals surface area contributed by atoms with Gasteiger partial charge in [0, 0.05) is 11.3 Å². The molecule has 19 heavy (non-hydrogen) atoms. The molecule has 9 heteroatoms. The minimum absolute atomic E-state index is 0.0404. The molecule has 0 aliphatic rings. The van der Waals surface area contributed by atoms with Gasteiger partial charge in [-0.3, -0.25) is 10.5 Å². The predicted octanol–water partition coefficient (Wildman–Crippen LogP) is 0.163. The van der Waals surface area contributed by atoms with Gasteiger partial charge >= 0.3 is 0 Å². The summed E-state index contributed by atoms with van der Waals surface area (Å²) in [4.78, 5) is 8.42. The number of aromatic nitrogens is 4. The first-order valence-corrected chi connectivity index (χ1v) is 7.06. The molecule has 2 aromatic rings. The number of aromatic amines is 1. The summed E-state index contributed by atoms with van der Waals surface area (Å²) in [5.41, 5.74) is 3.01. The number of H-pyrrole nitrogens is 1. The first-order valence-electron chi connectivity index (χ1n) is 5.77. The highest BCUT2D eigenvalue weighted by Gasteiger charge is 2.18. The minimum atomic E-state index is 0.0404. The third kappa shape index (κ3) is 2.88. The highest BCUT2D eigenvalue weighted by atomic mass is 32.2. The molecular formula is C10H17N7OS. The number of nitrogens with two attached hydrogens (primary N) is 1. The third-order valence-corrected chi connectivity index (χ3v) is 4.01. The highest BCUT2D eigenvalue weighted by Crippen LogP contribution is 2.22. The molecule has 6 N–H and O–H groups in total. The van der Waals surface area contributed by atoms with E-state index in [1.807, 2.05) is 13.2 Å². The normalized spacial score (nSPS) is 14.3. The summed E-state index contributed by atoms with van der Waals surface area (Å²) in [6, 6.07) is 0.0404. The maximum absolute atomic E-state index is 9.30. The van der Waals surface area contributed by atoms with E-state index >= 15 is 0 Å². The van der Waals surface area contributed by atoms with Gasteiger partial charge in [0.2, 0.25) is 5.95 Å². The second kappa shape index (κ2) is 6.04. The van der Waals surface area contributed by atoms with Crippen molar-refractivity contribution < 1.29 is 5.11 Å². The predicted molar refractivity (Wildman–Crippen MR) is 77.0 cm³/mol. The number of anilines is 2. The van der Waals surface area contributed by atoms with Gasteiger partial charge in [-0.1, -0.05) is 0 Å². The fraction of sp³-hybridized carbons (Fsp3) is 0.500. The number of nitrogen functional groups attached to an aromatic ring is 1. The summed E-state index contributed by atoms with van der Waals surface area (Å²) in [5.74, 6) is 6.27. The molecule has 0 spiro atoms. The monoisotopic (exact) mass is 283 g/mol. The molecule has 2 atom stereocenters. The van der Waals surface area contributed by atoms with E-state index in [9.17, 15) is 5.11 Å². The second-order valence-electron chi connectivity index (χ2n) is 4.06. The number of hydrogen-bond donors (Lipinski definition) is 5. The summed E-state index contributed by atoms with van der Waals surface area (Å²) in [6.07, 6.45) is 3.61. The SMILES string of the molecule is CSC(CO)C(C)Nc1nc(NN)nc2[nH]ncc12. The van der Waals surface area contributed by atoms with Crippen molar-refractivity contribution in [3.8, 4) is 0 Å². The average Bonchev–Trinajstić information content (AvgIpc) is 2.88. The summed E-state index contributed by atoms with van der Waals surface area (Å²) in [5, 5.41) is 20.1. The Morgan fingerprint density at radius 1 is 1.53 bits per heavy atom. The molecule has 0 aliphatic heterocycles. The fourth-order valence-electron chi connectivity index (χ4n) is 1.75. The van der Waals surface area contributed by atoms with E-state index < -0.39 is 0 Å². The topological polar surface area (TPSA) is 125 Å². The van der Waals surface area contributed by atoms with E-state index in [0.29, 0.717) is 17.4 Å². The average molecular weight is 283 g/mol. The van der Waals surface area contributed by atoms with E-state index in [2.05, 4.69) is 30.9 Å². The maximum Gasteiger partial charge on any atom is 0.241 e. The molecule has 2 heterocycles. The van der Waals surface area contributed by atoms with E-state index in [4.69, 9.17) is 5.84 Å². The van der Waals surface area contributed by atoms with Gasteiger partial charge in [0.15, 0.2) is 5.65 Å². The van der Waals surface area contributed by atoms with Crippen LogP contribution in [0.1, 0.15) is 6.92 Å². The number of nitrogens with one attached hydrogen (secondary N) is 3. The van der Waals surface area contributed by atoms with Crippen LogP contribution in [-0.4, -0.2) is 49.4 Å². The number of nitrogens with zero attached hydrogens (tertiary/aromatic N) is 3. The number of aliphatic hydroxyl groups is 1. The lowest BCUT2D eigenvalue weighted by molar-refractivity contribution is 0.288. The molecule has 8 nitrogen and oxygen atoms in total. The molecule has 0 aliphatic carbocycles. The largest absolute Gasteiger partial charge is 0.395 e. The fourth-order valence-corrected chi connectivity index (χ4v) is 2.38. The Bertz CT molecular complexity index is 542. The quantitative estimate of drug-likeness (QED) is 0.375. The lowest BCUT2D eigenvalue weighted by Crippen LogP contribution is -2.31. The van der Waals surface area contributed by atoms with Gasteiger partial charge in [-0.2, -0.15) is 26.8 Å². The summed E-state index contributed by atoms with van der Waals surface area (Å²) < 4.78 is 0. The first kappa shape index (κ1) is 13.8. The zero-order chi connectivity index (χ0) is 13.8. The number of fused-ring (bicyclic) bond motifs is 1. The van der Waals surface area contributed by atoms with Crippen molar-refractivity contribution in [3.63, 3.8) is 0 Å². The molecule has 2 aromatic heterocycles.